The number of hydrogen-bond donors (Lipinski definition) is 0. The van der Waals surface area contributed by atoms with Crippen LogP contribution in [-0.2, 0) is 13.3 Å². The molecule has 0 N–H and O–H groups in total. The van der Waals surface area contributed by atoms with Gasteiger partial charge in [-0.1, -0.05) is 22.5 Å². The van der Waals surface area contributed by atoms with Crippen molar-refractivity contribution in [1.29, 1.82) is 0 Å². The molecule has 0 unspecified atom stereocenters. The molecule has 0 rings (SSSR count). The first kappa shape index (κ1) is 13.3. The van der Waals surface area contributed by atoms with Crippen molar-refractivity contribution in [3.8, 4) is 0 Å². The zero-order valence-electron chi connectivity index (χ0n) is 8.43. The van der Waals surface area contributed by atoms with Crippen LogP contribution in [0.15, 0.2) is 10.7 Å². The monoisotopic (exact) mass is 268 g/mol. The molecule has 0 aliphatic rings. The molecule has 0 fully saturated rings. The highest BCUT2D eigenvalue weighted by Crippen LogP contribution is 2.23. The maximum Gasteiger partial charge on any atom is 0.543 e. The second kappa shape index (κ2) is 6.72. The van der Waals surface area contributed by atoms with E-state index in [2.05, 4.69) is 22.5 Å². The molecule has 0 aromatic heterocycles. The van der Waals surface area contributed by atoms with Crippen molar-refractivity contribution in [2.24, 2.45) is 0 Å². The second-order valence-corrected chi connectivity index (χ2v) is 6.53. The Kier molecular flexibility index (Phi) is 6.89. The molecular formula is C8H17BrO3Si. The summed E-state index contributed by atoms with van der Waals surface area (Å²) in [7, 11) is -2.65. The van der Waals surface area contributed by atoms with E-state index in [4.69, 9.17) is 13.3 Å². The van der Waals surface area contributed by atoms with E-state index in [1.165, 1.54) is 0 Å². The van der Waals surface area contributed by atoms with Gasteiger partial charge in [-0.15, -0.1) is 0 Å². The quantitative estimate of drug-likeness (QED) is 0.664. The molecule has 3 nitrogen and oxygen atoms in total. The van der Waals surface area contributed by atoms with Gasteiger partial charge in [-0.2, -0.15) is 0 Å². The number of hydrogen-bond acceptors (Lipinski definition) is 3. The molecule has 0 amide bonds. The van der Waals surface area contributed by atoms with Gasteiger partial charge < -0.3 is 13.3 Å². The first-order valence-electron chi connectivity index (χ1n) is 4.39. The highest BCUT2D eigenvalue weighted by Gasteiger charge is 2.43. The summed E-state index contributed by atoms with van der Waals surface area (Å²) in [5.41, 5.74) is 0. The first-order valence-corrected chi connectivity index (χ1v) is 6.91. The molecule has 0 atom stereocenters. The van der Waals surface area contributed by atoms with Crippen LogP contribution in [0.1, 0.15) is 20.8 Å². The van der Waals surface area contributed by atoms with Crippen LogP contribution < -0.4 is 0 Å². The summed E-state index contributed by atoms with van der Waals surface area (Å²) in [5.74, 6) is 0. The molecule has 0 saturated heterocycles. The number of halogens is 1. The lowest BCUT2D eigenvalue weighted by atomic mass is 10.9. The standard InChI is InChI=1S/C8H17BrO3Si/c1-5-10-13(8(4)9,11-6-2)12-7-3/h4-7H2,1-3H3. The fraction of sp³-hybridized carbons (Fsp3) is 0.750. The molecule has 78 valence electrons. The Morgan fingerprint density at radius 1 is 1.08 bits per heavy atom. The minimum absolute atomic E-state index is 0.566. The molecule has 0 bridgehead atoms. The fourth-order valence-electron chi connectivity index (χ4n) is 0.930. The van der Waals surface area contributed by atoms with Crippen LogP contribution in [0.3, 0.4) is 0 Å². The van der Waals surface area contributed by atoms with E-state index in [-0.39, 0.29) is 0 Å². The van der Waals surface area contributed by atoms with Crippen molar-refractivity contribution >= 4 is 24.7 Å². The predicted molar refractivity (Wildman–Crippen MR) is 58.7 cm³/mol. The van der Waals surface area contributed by atoms with E-state index in [0.29, 0.717) is 23.9 Å². The average Bonchev–Trinajstić information content (AvgIpc) is 2.05. The third-order valence-corrected chi connectivity index (χ3v) is 5.46. The summed E-state index contributed by atoms with van der Waals surface area (Å²) < 4.78 is 17.2. The van der Waals surface area contributed by atoms with Crippen LogP contribution in [0.4, 0.5) is 0 Å². The highest BCUT2D eigenvalue weighted by atomic mass is 79.9. The van der Waals surface area contributed by atoms with E-state index in [0.717, 1.165) is 0 Å². The molecule has 0 aromatic rings. The summed E-state index contributed by atoms with van der Waals surface area (Å²) in [6.45, 7) is 11.2. The lowest BCUT2D eigenvalue weighted by molar-refractivity contribution is 0.0835. The Hall–Kier alpha value is 0.317. The van der Waals surface area contributed by atoms with Crippen LogP contribution in [0.2, 0.25) is 0 Å². The van der Waals surface area contributed by atoms with Gasteiger partial charge in [-0.3, -0.25) is 0 Å². The number of rotatable bonds is 7. The van der Waals surface area contributed by atoms with Crippen molar-refractivity contribution in [1.82, 2.24) is 0 Å². The zero-order valence-corrected chi connectivity index (χ0v) is 11.0. The van der Waals surface area contributed by atoms with Gasteiger partial charge in [0, 0.05) is 19.8 Å². The summed E-state index contributed by atoms with van der Waals surface area (Å²) in [6.07, 6.45) is 0. The van der Waals surface area contributed by atoms with Crippen LogP contribution in [-0.4, -0.2) is 28.6 Å². The summed E-state index contributed by atoms with van der Waals surface area (Å²) in [5, 5.41) is 0. The Balaban J connectivity index is 4.48. The summed E-state index contributed by atoms with van der Waals surface area (Å²) >= 11 is 3.29. The molecule has 0 aliphatic carbocycles. The molecule has 0 spiro atoms. The molecule has 0 saturated carbocycles. The van der Waals surface area contributed by atoms with E-state index < -0.39 is 8.80 Å². The van der Waals surface area contributed by atoms with Crippen LogP contribution >= 0.6 is 15.9 Å². The fourth-order valence-corrected chi connectivity index (χ4v) is 3.82. The first-order chi connectivity index (χ1) is 6.13. The van der Waals surface area contributed by atoms with Crippen molar-refractivity contribution < 1.29 is 13.3 Å². The molecule has 0 aromatic carbocycles. The van der Waals surface area contributed by atoms with Gasteiger partial charge in [-0.25, -0.2) is 0 Å². The normalized spacial score (nSPS) is 11.7. The Morgan fingerprint density at radius 3 is 1.54 bits per heavy atom. The summed E-state index contributed by atoms with van der Waals surface area (Å²) in [4.78, 5) is 0. The molecule has 0 radical (unpaired) electrons. The van der Waals surface area contributed by atoms with Crippen LogP contribution in [0, 0.1) is 0 Å². The average molecular weight is 269 g/mol. The van der Waals surface area contributed by atoms with Crippen molar-refractivity contribution in [3.63, 3.8) is 0 Å². The lowest BCUT2D eigenvalue weighted by Gasteiger charge is -2.27. The second-order valence-electron chi connectivity index (χ2n) is 2.26. The van der Waals surface area contributed by atoms with Gasteiger partial charge in [0.15, 0.2) is 0 Å². The van der Waals surface area contributed by atoms with Gasteiger partial charge in [-0.05, 0) is 20.8 Å². The van der Waals surface area contributed by atoms with E-state index in [1.54, 1.807) is 0 Å². The maximum absolute atomic E-state index is 5.52. The minimum atomic E-state index is -2.65. The van der Waals surface area contributed by atoms with Gasteiger partial charge in [0.05, 0.1) is 4.11 Å². The van der Waals surface area contributed by atoms with Crippen molar-refractivity contribution in [2.75, 3.05) is 19.8 Å². The van der Waals surface area contributed by atoms with Gasteiger partial charge in [0.1, 0.15) is 0 Å². The van der Waals surface area contributed by atoms with Crippen LogP contribution in [0.25, 0.3) is 0 Å². The van der Waals surface area contributed by atoms with Crippen LogP contribution in [0.5, 0.6) is 0 Å². The molecular weight excluding hydrogens is 252 g/mol. The highest BCUT2D eigenvalue weighted by molar-refractivity contribution is 9.12. The van der Waals surface area contributed by atoms with E-state index >= 15 is 0 Å². The third-order valence-electron chi connectivity index (χ3n) is 1.34. The molecule has 13 heavy (non-hydrogen) atoms. The maximum atomic E-state index is 5.52. The molecule has 0 aliphatic heterocycles. The van der Waals surface area contributed by atoms with Gasteiger partial charge in [0.2, 0.25) is 0 Å². The van der Waals surface area contributed by atoms with E-state index in [9.17, 15) is 0 Å². The Labute approximate surface area is 89.6 Å². The Bertz CT molecular complexity index is 146. The SMILES string of the molecule is C=C(Br)[Si](OCC)(OCC)OCC. The minimum Gasteiger partial charge on any atom is -0.370 e. The molecule has 0 heterocycles. The topological polar surface area (TPSA) is 27.7 Å². The molecule has 5 heteroatoms. The smallest absolute Gasteiger partial charge is 0.370 e. The van der Waals surface area contributed by atoms with Crippen molar-refractivity contribution in [2.45, 2.75) is 20.8 Å². The summed E-state index contributed by atoms with van der Waals surface area (Å²) in [6, 6.07) is 0. The van der Waals surface area contributed by atoms with Gasteiger partial charge >= 0.3 is 8.80 Å². The Morgan fingerprint density at radius 2 is 1.38 bits per heavy atom. The predicted octanol–water partition coefficient (Wildman–Crippen LogP) is 2.48. The van der Waals surface area contributed by atoms with Crippen molar-refractivity contribution in [3.05, 3.63) is 10.7 Å². The largest absolute Gasteiger partial charge is 0.543 e. The third kappa shape index (κ3) is 3.91. The van der Waals surface area contributed by atoms with E-state index in [1.807, 2.05) is 20.8 Å². The lowest BCUT2D eigenvalue weighted by Crippen LogP contribution is -2.46. The van der Waals surface area contributed by atoms with Gasteiger partial charge in [0.25, 0.3) is 0 Å². The zero-order chi connectivity index (χ0) is 10.3.